The van der Waals surface area contributed by atoms with Crippen molar-refractivity contribution in [2.75, 3.05) is 19.7 Å². The highest BCUT2D eigenvalue weighted by molar-refractivity contribution is 5.44. The quantitative estimate of drug-likeness (QED) is 0.823. The molecule has 0 radical (unpaired) electrons. The smallest absolute Gasteiger partial charge is 0.262 e. The zero-order valence-electron chi connectivity index (χ0n) is 14.9. The predicted octanol–water partition coefficient (Wildman–Crippen LogP) is 4.04. The van der Waals surface area contributed by atoms with E-state index in [9.17, 15) is 0 Å². The number of piperidine rings is 1. The van der Waals surface area contributed by atoms with Gasteiger partial charge in [0.05, 0.1) is 12.7 Å². The summed E-state index contributed by atoms with van der Waals surface area (Å²) >= 11 is 0. The Morgan fingerprint density at radius 1 is 1.12 bits per heavy atom. The monoisotopic (exact) mass is 342 g/mol. The Bertz CT molecular complexity index is 669. The average molecular weight is 342 g/mol. The standard InChI is InChI=1S/C20H26N2O3/c1-15(2)24-17-8-3-4-9-18(17)25-20-19(10-6-12-22-20)23-14-16-7-5-11-21-13-16/h3-4,6,8-10,12,15-16,21H,5,7,11,13-14H2,1-2H3/t16-/m0/s1. The van der Waals surface area contributed by atoms with Crippen LogP contribution in [0.15, 0.2) is 42.6 Å². The van der Waals surface area contributed by atoms with E-state index in [1.807, 2.05) is 50.2 Å². The zero-order valence-corrected chi connectivity index (χ0v) is 14.9. The zero-order chi connectivity index (χ0) is 17.5. The molecule has 0 saturated carbocycles. The lowest BCUT2D eigenvalue weighted by Crippen LogP contribution is -2.33. The number of pyridine rings is 1. The molecule has 134 valence electrons. The summed E-state index contributed by atoms with van der Waals surface area (Å²) in [5.74, 6) is 2.99. The third kappa shape index (κ3) is 5.10. The van der Waals surface area contributed by atoms with Crippen LogP contribution < -0.4 is 19.5 Å². The maximum atomic E-state index is 6.00. The van der Waals surface area contributed by atoms with Crippen molar-refractivity contribution in [1.82, 2.24) is 10.3 Å². The average Bonchev–Trinajstić information content (AvgIpc) is 2.63. The van der Waals surface area contributed by atoms with Crippen LogP contribution in [0.25, 0.3) is 0 Å². The van der Waals surface area contributed by atoms with Gasteiger partial charge >= 0.3 is 0 Å². The van der Waals surface area contributed by atoms with Crippen LogP contribution in [0.1, 0.15) is 26.7 Å². The van der Waals surface area contributed by atoms with E-state index in [2.05, 4.69) is 10.3 Å². The molecule has 0 amide bonds. The fraction of sp³-hybridized carbons (Fsp3) is 0.450. The van der Waals surface area contributed by atoms with Gasteiger partial charge in [-0.15, -0.1) is 0 Å². The number of benzene rings is 1. The van der Waals surface area contributed by atoms with Crippen LogP contribution >= 0.6 is 0 Å². The molecule has 2 aromatic rings. The minimum absolute atomic E-state index is 0.0722. The van der Waals surface area contributed by atoms with Gasteiger partial charge in [0, 0.05) is 18.7 Å². The maximum Gasteiger partial charge on any atom is 0.262 e. The summed E-state index contributed by atoms with van der Waals surface area (Å²) in [4.78, 5) is 4.34. The predicted molar refractivity (Wildman–Crippen MR) is 97.6 cm³/mol. The molecule has 1 saturated heterocycles. The van der Waals surface area contributed by atoms with Crippen molar-refractivity contribution in [3.8, 4) is 23.1 Å². The minimum Gasteiger partial charge on any atom is -0.488 e. The number of nitrogens with zero attached hydrogens (tertiary/aromatic N) is 1. The van der Waals surface area contributed by atoms with Gasteiger partial charge in [0.15, 0.2) is 17.2 Å². The van der Waals surface area contributed by atoms with Gasteiger partial charge in [-0.3, -0.25) is 0 Å². The molecule has 5 nitrogen and oxygen atoms in total. The summed E-state index contributed by atoms with van der Waals surface area (Å²) in [5.41, 5.74) is 0. The van der Waals surface area contributed by atoms with Crippen LogP contribution in [0.5, 0.6) is 23.1 Å². The van der Waals surface area contributed by atoms with Crippen LogP contribution in [-0.2, 0) is 0 Å². The first kappa shape index (κ1) is 17.5. The number of para-hydroxylation sites is 2. The molecule has 1 atom stereocenters. The molecule has 0 spiro atoms. The molecule has 3 rings (SSSR count). The highest BCUT2D eigenvalue weighted by Crippen LogP contribution is 2.35. The van der Waals surface area contributed by atoms with Crippen molar-refractivity contribution < 1.29 is 14.2 Å². The van der Waals surface area contributed by atoms with Gasteiger partial charge in [0.25, 0.3) is 5.88 Å². The van der Waals surface area contributed by atoms with E-state index in [4.69, 9.17) is 14.2 Å². The third-order valence-electron chi connectivity index (χ3n) is 4.03. The molecule has 1 aliphatic rings. The lowest BCUT2D eigenvalue weighted by molar-refractivity contribution is 0.209. The van der Waals surface area contributed by atoms with E-state index in [0.29, 0.717) is 35.7 Å². The second-order valence-electron chi connectivity index (χ2n) is 6.55. The van der Waals surface area contributed by atoms with Crippen molar-refractivity contribution in [2.24, 2.45) is 5.92 Å². The number of hydrogen-bond donors (Lipinski definition) is 1. The van der Waals surface area contributed by atoms with Crippen LogP contribution in [-0.4, -0.2) is 30.8 Å². The van der Waals surface area contributed by atoms with E-state index in [1.165, 1.54) is 12.8 Å². The molecular formula is C20H26N2O3. The Morgan fingerprint density at radius 3 is 2.68 bits per heavy atom. The summed E-state index contributed by atoms with van der Waals surface area (Å²) in [7, 11) is 0. The van der Waals surface area contributed by atoms with Gasteiger partial charge in [-0.1, -0.05) is 12.1 Å². The first-order chi connectivity index (χ1) is 12.2. The summed E-state index contributed by atoms with van der Waals surface area (Å²) in [5, 5.41) is 3.41. The van der Waals surface area contributed by atoms with E-state index < -0.39 is 0 Å². The number of hydrogen-bond acceptors (Lipinski definition) is 5. The molecule has 0 aliphatic carbocycles. The van der Waals surface area contributed by atoms with E-state index in [0.717, 1.165) is 13.1 Å². The molecule has 25 heavy (non-hydrogen) atoms. The molecule has 2 heterocycles. The third-order valence-corrected chi connectivity index (χ3v) is 4.03. The number of ether oxygens (including phenoxy) is 3. The van der Waals surface area contributed by atoms with E-state index >= 15 is 0 Å². The minimum atomic E-state index is 0.0722. The van der Waals surface area contributed by atoms with Gasteiger partial charge in [-0.25, -0.2) is 4.98 Å². The molecule has 5 heteroatoms. The fourth-order valence-corrected chi connectivity index (χ4v) is 2.83. The van der Waals surface area contributed by atoms with Crippen molar-refractivity contribution >= 4 is 0 Å². The van der Waals surface area contributed by atoms with E-state index in [1.54, 1.807) is 6.20 Å². The fourth-order valence-electron chi connectivity index (χ4n) is 2.83. The SMILES string of the molecule is CC(C)Oc1ccccc1Oc1ncccc1OC[C@H]1CCCNC1. The van der Waals surface area contributed by atoms with Gasteiger partial charge in [0.2, 0.25) is 0 Å². The van der Waals surface area contributed by atoms with Crippen LogP contribution in [0.4, 0.5) is 0 Å². The lowest BCUT2D eigenvalue weighted by Gasteiger charge is -2.23. The van der Waals surface area contributed by atoms with Crippen molar-refractivity contribution in [1.29, 1.82) is 0 Å². The van der Waals surface area contributed by atoms with E-state index in [-0.39, 0.29) is 6.10 Å². The molecule has 0 bridgehead atoms. The van der Waals surface area contributed by atoms with Crippen LogP contribution in [0.2, 0.25) is 0 Å². The van der Waals surface area contributed by atoms with Crippen LogP contribution in [0, 0.1) is 5.92 Å². The molecule has 1 fully saturated rings. The summed E-state index contributed by atoms with van der Waals surface area (Å²) in [6.07, 6.45) is 4.16. The van der Waals surface area contributed by atoms with Crippen molar-refractivity contribution in [3.05, 3.63) is 42.6 Å². The second-order valence-corrected chi connectivity index (χ2v) is 6.55. The molecule has 1 aliphatic heterocycles. The topological polar surface area (TPSA) is 52.6 Å². The molecular weight excluding hydrogens is 316 g/mol. The molecule has 0 unspecified atom stereocenters. The molecule has 1 aromatic carbocycles. The second kappa shape index (κ2) is 8.72. The number of rotatable bonds is 7. The van der Waals surface area contributed by atoms with Gasteiger partial charge in [-0.05, 0) is 57.5 Å². The van der Waals surface area contributed by atoms with Gasteiger partial charge in [-0.2, -0.15) is 0 Å². The molecule has 1 aromatic heterocycles. The Hall–Kier alpha value is -2.27. The first-order valence-electron chi connectivity index (χ1n) is 8.94. The van der Waals surface area contributed by atoms with Crippen LogP contribution in [0.3, 0.4) is 0 Å². The maximum absolute atomic E-state index is 6.00. The number of nitrogens with one attached hydrogen (secondary N) is 1. The highest BCUT2D eigenvalue weighted by Gasteiger charge is 2.16. The first-order valence-corrected chi connectivity index (χ1v) is 8.94. The Balaban J connectivity index is 1.70. The summed E-state index contributed by atoms with van der Waals surface area (Å²) < 4.78 is 17.8. The number of aromatic nitrogens is 1. The Labute approximate surface area is 149 Å². The Kier molecular flexibility index (Phi) is 6.12. The summed E-state index contributed by atoms with van der Waals surface area (Å²) in [6.45, 7) is 6.75. The summed E-state index contributed by atoms with van der Waals surface area (Å²) in [6, 6.07) is 11.4. The molecule has 1 N–H and O–H groups in total. The Morgan fingerprint density at radius 2 is 1.92 bits per heavy atom. The lowest BCUT2D eigenvalue weighted by atomic mass is 10.0. The van der Waals surface area contributed by atoms with Gasteiger partial charge < -0.3 is 19.5 Å². The van der Waals surface area contributed by atoms with Crippen molar-refractivity contribution in [2.45, 2.75) is 32.8 Å². The normalized spacial score (nSPS) is 17.3. The highest BCUT2D eigenvalue weighted by atomic mass is 16.5. The van der Waals surface area contributed by atoms with Gasteiger partial charge in [0.1, 0.15) is 0 Å². The van der Waals surface area contributed by atoms with Crippen molar-refractivity contribution in [3.63, 3.8) is 0 Å². The largest absolute Gasteiger partial charge is 0.488 e.